The highest BCUT2D eigenvalue weighted by molar-refractivity contribution is 6.04. The average Bonchev–Trinajstić information content (AvgIpc) is 3.55. The van der Waals surface area contributed by atoms with E-state index in [0.29, 0.717) is 16.8 Å². The molecule has 1 saturated carbocycles. The van der Waals surface area contributed by atoms with Crippen LogP contribution in [0.1, 0.15) is 46.4 Å². The predicted molar refractivity (Wildman–Crippen MR) is 107 cm³/mol. The Morgan fingerprint density at radius 1 is 0.897 bits per heavy atom. The number of benzene rings is 2. The fourth-order valence-electron chi connectivity index (χ4n) is 2.67. The molecule has 2 N–H and O–H groups in total. The van der Waals surface area contributed by atoms with E-state index in [-0.39, 0.29) is 30.6 Å². The summed E-state index contributed by atoms with van der Waals surface area (Å²) in [4.78, 5) is 48.2. The number of anilines is 1. The molecular formula is C22H22N2O5. The zero-order valence-corrected chi connectivity index (χ0v) is 15.9. The maximum atomic E-state index is 12.2. The number of para-hydroxylation sites is 1. The summed E-state index contributed by atoms with van der Waals surface area (Å²) in [5.41, 5.74) is 1.23. The molecule has 7 heteroatoms. The van der Waals surface area contributed by atoms with E-state index in [9.17, 15) is 19.2 Å². The first-order chi connectivity index (χ1) is 14.0. The molecule has 0 unspecified atom stereocenters. The molecule has 2 amide bonds. The lowest BCUT2D eigenvalue weighted by atomic mass is 10.1. The van der Waals surface area contributed by atoms with Gasteiger partial charge in [0.15, 0.2) is 12.4 Å². The number of esters is 1. The Bertz CT molecular complexity index is 906. The summed E-state index contributed by atoms with van der Waals surface area (Å²) in [6.07, 6.45) is 1.82. The minimum Gasteiger partial charge on any atom is -0.456 e. The molecule has 1 aliphatic carbocycles. The van der Waals surface area contributed by atoms with Gasteiger partial charge in [-0.05, 0) is 25.0 Å². The number of rotatable bonds is 9. The number of hydrogen-bond acceptors (Lipinski definition) is 5. The van der Waals surface area contributed by atoms with E-state index >= 15 is 0 Å². The minimum absolute atomic E-state index is 0.00857. The lowest BCUT2D eigenvalue weighted by Crippen LogP contribution is -2.28. The van der Waals surface area contributed by atoms with Crippen LogP contribution < -0.4 is 10.6 Å². The average molecular weight is 394 g/mol. The maximum absolute atomic E-state index is 12.2. The van der Waals surface area contributed by atoms with Crippen LogP contribution in [0.5, 0.6) is 0 Å². The van der Waals surface area contributed by atoms with Crippen LogP contribution >= 0.6 is 0 Å². The smallest absolute Gasteiger partial charge is 0.306 e. The summed E-state index contributed by atoms with van der Waals surface area (Å²) in [5, 5.41) is 5.45. The Labute approximate surface area is 168 Å². The Hall–Kier alpha value is -3.48. The van der Waals surface area contributed by atoms with Crippen LogP contribution in [0.2, 0.25) is 0 Å². The van der Waals surface area contributed by atoms with Gasteiger partial charge < -0.3 is 15.4 Å². The Kier molecular flexibility index (Phi) is 6.73. The number of Topliss-reactive ketones (excluding diaryl/α,β-unsaturated/α-hetero) is 1. The summed E-state index contributed by atoms with van der Waals surface area (Å²) in [6, 6.07) is 15.5. The molecule has 0 atom stereocenters. The first-order valence-corrected chi connectivity index (χ1v) is 9.46. The van der Waals surface area contributed by atoms with Crippen molar-refractivity contribution in [3.63, 3.8) is 0 Å². The number of carbonyl (C=O) groups is 4. The standard InChI is InChI=1S/C22H22N2O5/c25-19(15-6-2-1-3-7-15)12-13-21(27)29-14-20(26)24-18-9-5-4-8-17(18)22(28)23-16-10-11-16/h1-9,16H,10-14H2,(H,23,28)(H,24,26). The van der Waals surface area contributed by atoms with Crippen LogP contribution in [0, 0.1) is 0 Å². The number of nitrogens with one attached hydrogen (secondary N) is 2. The largest absolute Gasteiger partial charge is 0.456 e. The second-order valence-electron chi connectivity index (χ2n) is 6.79. The molecule has 1 aliphatic rings. The van der Waals surface area contributed by atoms with Crippen molar-refractivity contribution in [1.29, 1.82) is 0 Å². The van der Waals surface area contributed by atoms with Gasteiger partial charge in [-0.15, -0.1) is 0 Å². The molecule has 0 bridgehead atoms. The lowest BCUT2D eigenvalue weighted by Gasteiger charge is -2.11. The van der Waals surface area contributed by atoms with Gasteiger partial charge in [-0.2, -0.15) is 0 Å². The minimum atomic E-state index is -0.635. The number of hydrogen-bond donors (Lipinski definition) is 2. The van der Waals surface area contributed by atoms with Crippen molar-refractivity contribution in [1.82, 2.24) is 5.32 Å². The Morgan fingerprint density at radius 3 is 2.31 bits per heavy atom. The molecule has 2 aromatic carbocycles. The summed E-state index contributed by atoms with van der Waals surface area (Å²) >= 11 is 0. The summed E-state index contributed by atoms with van der Waals surface area (Å²) in [6.45, 7) is -0.489. The monoisotopic (exact) mass is 394 g/mol. The molecule has 0 aliphatic heterocycles. The third-order valence-electron chi connectivity index (χ3n) is 4.37. The zero-order chi connectivity index (χ0) is 20.6. The normalized spacial score (nSPS) is 12.7. The van der Waals surface area contributed by atoms with Crippen LogP contribution in [-0.4, -0.2) is 36.2 Å². The predicted octanol–water partition coefficient (Wildman–Crippen LogP) is 2.72. The van der Waals surface area contributed by atoms with Gasteiger partial charge in [0.2, 0.25) is 0 Å². The van der Waals surface area contributed by atoms with E-state index in [4.69, 9.17) is 4.74 Å². The van der Waals surface area contributed by atoms with Crippen molar-refractivity contribution < 1.29 is 23.9 Å². The molecule has 0 radical (unpaired) electrons. The van der Waals surface area contributed by atoms with E-state index < -0.39 is 18.5 Å². The molecule has 7 nitrogen and oxygen atoms in total. The third-order valence-corrected chi connectivity index (χ3v) is 4.37. The van der Waals surface area contributed by atoms with Crippen LogP contribution in [0.3, 0.4) is 0 Å². The fraction of sp³-hybridized carbons (Fsp3) is 0.273. The van der Waals surface area contributed by atoms with Crippen molar-refractivity contribution in [2.24, 2.45) is 0 Å². The number of amides is 2. The van der Waals surface area contributed by atoms with E-state index in [2.05, 4.69) is 10.6 Å². The van der Waals surface area contributed by atoms with Gasteiger partial charge >= 0.3 is 5.97 Å². The van der Waals surface area contributed by atoms with Crippen LogP contribution in [0.25, 0.3) is 0 Å². The second kappa shape index (κ2) is 9.64. The van der Waals surface area contributed by atoms with Gasteiger partial charge in [0.1, 0.15) is 0 Å². The van der Waals surface area contributed by atoms with Crippen LogP contribution in [0.4, 0.5) is 5.69 Å². The SMILES string of the molecule is O=C(COC(=O)CCC(=O)c1ccccc1)Nc1ccccc1C(=O)NC1CC1. The molecule has 0 spiro atoms. The molecule has 2 aromatic rings. The summed E-state index contributed by atoms with van der Waals surface area (Å²) in [7, 11) is 0. The Balaban J connectivity index is 1.44. The van der Waals surface area contributed by atoms with Gasteiger partial charge in [-0.1, -0.05) is 42.5 Å². The van der Waals surface area contributed by atoms with Gasteiger partial charge in [-0.3, -0.25) is 19.2 Å². The molecule has 3 rings (SSSR count). The third kappa shape index (κ3) is 6.27. The molecule has 0 heterocycles. The molecule has 150 valence electrons. The van der Waals surface area contributed by atoms with Gasteiger partial charge in [-0.25, -0.2) is 0 Å². The van der Waals surface area contributed by atoms with E-state index in [0.717, 1.165) is 12.8 Å². The van der Waals surface area contributed by atoms with E-state index in [1.165, 1.54) is 0 Å². The quantitative estimate of drug-likeness (QED) is 0.503. The van der Waals surface area contributed by atoms with Gasteiger partial charge in [0.25, 0.3) is 11.8 Å². The van der Waals surface area contributed by atoms with Crippen molar-refractivity contribution in [3.8, 4) is 0 Å². The first-order valence-electron chi connectivity index (χ1n) is 9.46. The zero-order valence-electron chi connectivity index (χ0n) is 15.9. The lowest BCUT2D eigenvalue weighted by molar-refractivity contribution is -0.147. The highest BCUT2D eigenvalue weighted by Crippen LogP contribution is 2.21. The highest BCUT2D eigenvalue weighted by Gasteiger charge is 2.25. The molecule has 0 aromatic heterocycles. The van der Waals surface area contributed by atoms with Crippen molar-refractivity contribution in [2.45, 2.75) is 31.7 Å². The molecule has 1 fully saturated rings. The number of ketones is 1. The highest BCUT2D eigenvalue weighted by atomic mass is 16.5. The summed E-state index contributed by atoms with van der Waals surface area (Å²) in [5.74, 6) is -1.61. The van der Waals surface area contributed by atoms with E-state index in [1.807, 2.05) is 0 Å². The summed E-state index contributed by atoms with van der Waals surface area (Å²) < 4.78 is 4.93. The number of ether oxygens (including phenoxy) is 1. The molecule has 0 saturated heterocycles. The van der Waals surface area contributed by atoms with Crippen molar-refractivity contribution >= 4 is 29.3 Å². The maximum Gasteiger partial charge on any atom is 0.306 e. The topological polar surface area (TPSA) is 102 Å². The second-order valence-corrected chi connectivity index (χ2v) is 6.79. The van der Waals surface area contributed by atoms with Gasteiger partial charge in [0, 0.05) is 18.0 Å². The van der Waals surface area contributed by atoms with Crippen LogP contribution in [-0.2, 0) is 14.3 Å². The van der Waals surface area contributed by atoms with Crippen molar-refractivity contribution in [2.75, 3.05) is 11.9 Å². The molecular weight excluding hydrogens is 372 g/mol. The first kappa shape index (κ1) is 20.3. The van der Waals surface area contributed by atoms with Crippen LogP contribution in [0.15, 0.2) is 54.6 Å². The molecule has 29 heavy (non-hydrogen) atoms. The fourth-order valence-corrected chi connectivity index (χ4v) is 2.67. The number of carbonyl (C=O) groups excluding carboxylic acids is 4. The van der Waals surface area contributed by atoms with Gasteiger partial charge in [0.05, 0.1) is 17.7 Å². The Morgan fingerprint density at radius 2 is 1.59 bits per heavy atom. The van der Waals surface area contributed by atoms with Crippen molar-refractivity contribution in [3.05, 3.63) is 65.7 Å². The van der Waals surface area contributed by atoms with E-state index in [1.54, 1.807) is 54.6 Å².